The van der Waals surface area contributed by atoms with E-state index in [0.29, 0.717) is 5.75 Å². The first-order valence-electron chi connectivity index (χ1n) is 2.96. The minimum Gasteiger partial charge on any atom is -0.286 e. The van der Waals surface area contributed by atoms with Crippen molar-refractivity contribution in [2.45, 2.75) is 18.9 Å². The average Bonchev–Trinajstić information content (AvgIpc) is 1.60. The third kappa shape index (κ3) is 2.14. The number of hydrogen-bond donors (Lipinski definition) is 3. The molecule has 0 aromatic rings. The van der Waals surface area contributed by atoms with Crippen molar-refractivity contribution in [3.05, 3.63) is 6.92 Å². The third-order valence-corrected chi connectivity index (χ3v) is 2.91. The van der Waals surface area contributed by atoms with E-state index in [1.54, 1.807) is 0 Å². The molecule has 1 saturated heterocycles. The smallest absolute Gasteiger partial charge is 0.0528 e. The SMILES string of the molecule is [CH2]C1CCCS(O)(O)N1. The van der Waals surface area contributed by atoms with E-state index >= 15 is 0 Å². The number of rotatable bonds is 0. The summed E-state index contributed by atoms with van der Waals surface area (Å²) >= 11 is 0. The highest BCUT2D eigenvalue weighted by atomic mass is 32.3. The highest BCUT2D eigenvalue weighted by molar-refractivity contribution is 8.22. The highest BCUT2D eigenvalue weighted by Gasteiger charge is 2.20. The topological polar surface area (TPSA) is 52.5 Å². The second-order valence-corrected chi connectivity index (χ2v) is 4.31. The molecule has 1 heterocycles. The van der Waals surface area contributed by atoms with Crippen molar-refractivity contribution in [1.82, 2.24) is 4.72 Å². The minimum atomic E-state index is -2.44. The molecule has 0 bridgehead atoms. The molecule has 0 aromatic heterocycles. The lowest BCUT2D eigenvalue weighted by Crippen LogP contribution is -2.35. The molecule has 1 radical (unpaired) electrons. The lowest BCUT2D eigenvalue weighted by Gasteiger charge is -2.39. The molecule has 3 N–H and O–H groups in total. The molecule has 55 valence electrons. The molecule has 1 fully saturated rings. The summed E-state index contributed by atoms with van der Waals surface area (Å²) in [6.45, 7) is 3.68. The standard InChI is InChI=1S/C5H12NO2S/c1-5-3-2-4-9(7,8)6-5/h5-8H,1-4H2. The first-order chi connectivity index (χ1) is 4.10. The first kappa shape index (κ1) is 7.34. The molecule has 3 nitrogen and oxygen atoms in total. The normalized spacial score (nSPS) is 37.9. The van der Waals surface area contributed by atoms with Gasteiger partial charge in [0, 0.05) is 6.04 Å². The Bertz CT molecular complexity index is 107. The third-order valence-electron chi connectivity index (χ3n) is 1.34. The van der Waals surface area contributed by atoms with Crippen molar-refractivity contribution in [2.24, 2.45) is 0 Å². The van der Waals surface area contributed by atoms with Gasteiger partial charge in [0.15, 0.2) is 0 Å². The molecule has 1 aliphatic heterocycles. The van der Waals surface area contributed by atoms with Crippen molar-refractivity contribution >= 4 is 10.8 Å². The fourth-order valence-corrected chi connectivity index (χ4v) is 2.25. The van der Waals surface area contributed by atoms with Crippen LogP contribution in [0.4, 0.5) is 0 Å². The van der Waals surface area contributed by atoms with Crippen molar-refractivity contribution in [2.75, 3.05) is 5.75 Å². The Morgan fingerprint density at radius 3 is 2.56 bits per heavy atom. The van der Waals surface area contributed by atoms with Gasteiger partial charge in [-0.2, -0.15) is 0 Å². The Balaban J connectivity index is 2.41. The monoisotopic (exact) mass is 150 g/mol. The molecular formula is C5H12NO2S. The Morgan fingerprint density at radius 1 is 1.56 bits per heavy atom. The zero-order valence-electron chi connectivity index (χ0n) is 5.21. The molecule has 0 aliphatic carbocycles. The summed E-state index contributed by atoms with van der Waals surface area (Å²) in [6, 6.07) is 0.0174. The maximum absolute atomic E-state index is 9.03. The fraction of sp³-hybridized carbons (Fsp3) is 0.800. The molecule has 0 aromatic carbocycles. The predicted molar refractivity (Wildman–Crippen MR) is 39.2 cm³/mol. The molecule has 4 heteroatoms. The van der Waals surface area contributed by atoms with E-state index in [-0.39, 0.29) is 6.04 Å². The van der Waals surface area contributed by atoms with Crippen molar-refractivity contribution < 1.29 is 9.11 Å². The van der Waals surface area contributed by atoms with Crippen LogP contribution < -0.4 is 4.72 Å². The van der Waals surface area contributed by atoms with Gasteiger partial charge in [0.25, 0.3) is 0 Å². The van der Waals surface area contributed by atoms with Crippen LogP contribution in [-0.2, 0) is 0 Å². The van der Waals surface area contributed by atoms with Gasteiger partial charge >= 0.3 is 0 Å². The summed E-state index contributed by atoms with van der Waals surface area (Å²) in [5.41, 5.74) is 0. The van der Waals surface area contributed by atoms with Gasteiger partial charge in [-0.25, -0.2) is 4.72 Å². The Morgan fingerprint density at radius 2 is 2.22 bits per heavy atom. The summed E-state index contributed by atoms with van der Waals surface area (Å²) in [5, 5.41) is 0. The molecule has 1 aliphatic rings. The second kappa shape index (κ2) is 2.46. The summed E-state index contributed by atoms with van der Waals surface area (Å²) < 4.78 is 20.7. The van der Waals surface area contributed by atoms with Crippen molar-refractivity contribution in [3.63, 3.8) is 0 Å². The van der Waals surface area contributed by atoms with E-state index < -0.39 is 10.8 Å². The van der Waals surface area contributed by atoms with Gasteiger partial charge in [-0.15, -0.1) is 10.8 Å². The highest BCUT2D eigenvalue weighted by Crippen LogP contribution is 2.38. The number of hydrogen-bond acceptors (Lipinski definition) is 3. The van der Waals surface area contributed by atoms with Crippen LogP contribution in [0.5, 0.6) is 0 Å². The van der Waals surface area contributed by atoms with Crippen LogP contribution in [0.3, 0.4) is 0 Å². The lowest BCUT2D eigenvalue weighted by atomic mass is 10.2. The molecule has 0 spiro atoms. The van der Waals surface area contributed by atoms with Gasteiger partial charge in [0.1, 0.15) is 0 Å². The van der Waals surface area contributed by atoms with Crippen LogP contribution in [0.2, 0.25) is 0 Å². The van der Waals surface area contributed by atoms with Crippen molar-refractivity contribution in [3.8, 4) is 0 Å². The second-order valence-electron chi connectivity index (χ2n) is 2.33. The Kier molecular flexibility index (Phi) is 2.00. The van der Waals surface area contributed by atoms with Crippen LogP contribution in [0.15, 0.2) is 0 Å². The largest absolute Gasteiger partial charge is 0.286 e. The molecule has 1 rings (SSSR count). The first-order valence-corrected chi connectivity index (χ1v) is 4.68. The van der Waals surface area contributed by atoms with Crippen LogP contribution in [-0.4, -0.2) is 20.9 Å². The van der Waals surface area contributed by atoms with Gasteiger partial charge in [0.2, 0.25) is 0 Å². The van der Waals surface area contributed by atoms with E-state index in [2.05, 4.69) is 11.6 Å². The fourth-order valence-electron chi connectivity index (χ4n) is 0.916. The van der Waals surface area contributed by atoms with E-state index in [0.717, 1.165) is 12.8 Å². The van der Waals surface area contributed by atoms with Crippen molar-refractivity contribution in [1.29, 1.82) is 0 Å². The zero-order valence-corrected chi connectivity index (χ0v) is 6.02. The predicted octanol–water partition coefficient (Wildman–Crippen LogP) is 1.24. The maximum atomic E-state index is 9.03. The van der Waals surface area contributed by atoms with Crippen LogP contribution in [0.1, 0.15) is 12.8 Å². The van der Waals surface area contributed by atoms with Gasteiger partial charge < -0.3 is 0 Å². The van der Waals surface area contributed by atoms with E-state index in [1.165, 1.54) is 0 Å². The molecular weight excluding hydrogens is 138 g/mol. The molecule has 1 unspecified atom stereocenters. The lowest BCUT2D eigenvalue weighted by molar-refractivity contribution is 0.437. The molecule has 9 heavy (non-hydrogen) atoms. The Labute approximate surface area is 56.9 Å². The summed E-state index contributed by atoms with van der Waals surface area (Å²) in [6.07, 6.45) is 1.80. The van der Waals surface area contributed by atoms with E-state index in [9.17, 15) is 0 Å². The molecule has 0 saturated carbocycles. The molecule has 1 atom stereocenters. The Hall–Kier alpha value is 0.230. The summed E-state index contributed by atoms with van der Waals surface area (Å²) in [7, 11) is -2.44. The summed E-state index contributed by atoms with van der Waals surface area (Å²) in [5.74, 6) is 0.485. The van der Waals surface area contributed by atoms with Crippen LogP contribution in [0, 0.1) is 6.92 Å². The van der Waals surface area contributed by atoms with Gasteiger partial charge in [0.05, 0.1) is 5.75 Å². The average molecular weight is 150 g/mol. The van der Waals surface area contributed by atoms with E-state index in [4.69, 9.17) is 9.11 Å². The minimum absolute atomic E-state index is 0.0174. The molecule has 0 amide bonds. The number of nitrogens with one attached hydrogen (secondary N) is 1. The van der Waals surface area contributed by atoms with Crippen LogP contribution in [0.25, 0.3) is 0 Å². The maximum Gasteiger partial charge on any atom is 0.0528 e. The van der Waals surface area contributed by atoms with Gasteiger partial charge in [-0.1, -0.05) is 0 Å². The van der Waals surface area contributed by atoms with E-state index in [1.807, 2.05) is 0 Å². The van der Waals surface area contributed by atoms with Crippen LogP contribution >= 0.6 is 10.8 Å². The van der Waals surface area contributed by atoms with Gasteiger partial charge in [-0.05, 0) is 19.8 Å². The summed E-state index contributed by atoms with van der Waals surface area (Å²) in [4.78, 5) is 0. The zero-order chi connectivity index (χ0) is 6.91. The quantitative estimate of drug-likeness (QED) is 0.487. The van der Waals surface area contributed by atoms with Gasteiger partial charge in [-0.3, -0.25) is 9.11 Å².